The summed E-state index contributed by atoms with van der Waals surface area (Å²) >= 11 is 0. The zero-order valence-corrected chi connectivity index (χ0v) is 19.4. The van der Waals surface area contributed by atoms with Gasteiger partial charge in [-0.2, -0.15) is 0 Å². The molecule has 0 radical (unpaired) electrons. The predicted octanol–water partition coefficient (Wildman–Crippen LogP) is 6.60. The largest absolute Gasteiger partial charge is 0.481 e. The molecule has 0 aromatic heterocycles. The summed E-state index contributed by atoms with van der Waals surface area (Å²) in [5.74, 6) is -0.603. The summed E-state index contributed by atoms with van der Waals surface area (Å²) < 4.78 is 0. The fourth-order valence-electron chi connectivity index (χ4n) is 6.34. The summed E-state index contributed by atoms with van der Waals surface area (Å²) in [4.78, 5) is 14.5. The van der Waals surface area contributed by atoms with E-state index in [0.29, 0.717) is 0 Å². The van der Waals surface area contributed by atoms with Crippen molar-refractivity contribution in [2.75, 3.05) is 4.90 Å². The molecule has 0 heterocycles. The number of carbonyl (C=O) groups is 1. The first-order valence-corrected chi connectivity index (χ1v) is 12.2. The standard InChI is InChI=1S/C30H33NO2/c1-30-18-8-13-26(29(32)33)27(30)17-15-24-14-16-25(19-28(24)30)31(20-22-9-4-2-5-10-22)21-23-11-6-3-7-12-23/h2-7,9-12,14,16,19,26-27H,8,13,15,17-18,20-21H2,1H3,(H,32,33). The van der Waals surface area contributed by atoms with Crippen LogP contribution in [0, 0.1) is 11.8 Å². The van der Waals surface area contributed by atoms with Gasteiger partial charge in [0, 0.05) is 18.8 Å². The normalized spacial score (nSPS) is 23.9. The number of anilines is 1. The summed E-state index contributed by atoms with van der Waals surface area (Å²) in [5.41, 5.74) is 6.53. The third-order valence-electron chi connectivity index (χ3n) is 8.06. The van der Waals surface area contributed by atoms with Gasteiger partial charge in [0.15, 0.2) is 0 Å². The third kappa shape index (κ3) is 4.29. The quantitative estimate of drug-likeness (QED) is 0.470. The van der Waals surface area contributed by atoms with Gasteiger partial charge in [0.05, 0.1) is 5.92 Å². The second kappa shape index (κ2) is 9.05. The number of hydrogen-bond acceptors (Lipinski definition) is 2. The van der Waals surface area contributed by atoms with E-state index in [0.717, 1.165) is 45.2 Å². The van der Waals surface area contributed by atoms with Gasteiger partial charge in [-0.3, -0.25) is 4.79 Å². The van der Waals surface area contributed by atoms with Crippen LogP contribution in [0.15, 0.2) is 78.9 Å². The molecule has 33 heavy (non-hydrogen) atoms. The van der Waals surface area contributed by atoms with Crippen molar-refractivity contribution in [2.24, 2.45) is 11.8 Å². The summed E-state index contributed by atoms with van der Waals surface area (Å²) in [7, 11) is 0. The van der Waals surface area contributed by atoms with Crippen LogP contribution in [-0.4, -0.2) is 11.1 Å². The lowest BCUT2D eigenvalue weighted by atomic mass is 9.55. The molecule has 2 aliphatic rings. The molecule has 0 amide bonds. The van der Waals surface area contributed by atoms with E-state index in [4.69, 9.17) is 0 Å². The molecule has 1 N–H and O–H groups in total. The molecule has 1 fully saturated rings. The lowest BCUT2D eigenvalue weighted by Crippen LogP contribution is -2.46. The molecule has 0 spiro atoms. The number of aryl methyl sites for hydroxylation is 1. The van der Waals surface area contributed by atoms with Crippen LogP contribution >= 0.6 is 0 Å². The summed E-state index contributed by atoms with van der Waals surface area (Å²) in [6.45, 7) is 4.01. The van der Waals surface area contributed by atoms with Crippen LogP contribution in [0.4, 0.5) is 5.69 Å². The maximum Gasteiger partial charge on any atom is 0.306 e. The summed E-state index contributed by atoms with van der Waals surface area (Å²) in [5, 5.41) is 9.90. The highest BCUT2D eigenvalue weighted by Gasteiger charge is 2.48. The number of carboxylic acids is 1. The van der Waals surface area contributed by atoms with Crippen molar-refractivity contribution in [3.63, 3.8) is 0 Å². The van der Waals surface area contributed by atoms with Crippen molar-refractivity contribution in [3.05, 3.63) is 101 Å². The van der Waals surface area contributed by atoms with Crippen LogP contribution in [0.2, 0.25) is 0 Å². The predicted molar refractivity (Wildman–Crippen MR) is 133 cm³/mol. The maximum atomic E-state index is 12.0. The molecule has 3 atom stereocenters. The Hall–Kier alpha value is -3.07. The molecule has 0 saturated heterocycles. The van der Waals surface area contributed by atoms with Crippen molar-refractivity contribution < 1.29 is 9.90 Å². The van der Waals surface area contributed by atoms with Crippen molar-refractivity contribution in [3.8, 4) is 0 Å². The van der Waals surface area contributed by atoms with Crippen molar-refractivity contribution in [2.45, 2.75) is 57.5 Å². The molecule has 3 aromatic carbocycles. The average Bonchev–Trinajstić information content (AvgIpc) is 2.84. The molecule has 5 rings (SSSR count). The number of benzene rings is 3. The van der Waals surface area contributed by atoms with Crippen molar-refractivity contribution in [1.29, 1.82) is 0 Å². The molecule has 1 saturated carbocycles. The van der Waals surface area contributed by atoms with Gasteiger partial charge >= 0.3 is 5.97 Å². The minimum Gasteiger partial charge on any atom is -0.481 e. The number of aliphatic carboxylic acids is 1. The molecule has 2 aliphatic carbocycles. The highest BCUT2D eigenvalue weighted by atomic mass is 16.4. The van der Waals surface area contributed by atoms with Crippen molar-refractivity contribution in [1.82, 2.24) is 0 Å². The second-order valence-corrected chi connectivity index (χ2v) is 10.1. The number of nitrogens with zero attached hydrogens (tertiary/aromatic N) is 1. The SMILES string of the molecule is CC12CCCC(C(=O)O)C1CCc1ccc(N(Cc3ccccc3)Cc3ccccc3)cc12. The fourth-order valence-corrected chi connectivity index (χ4v) is 6.34. The van der Waals surface area contributed by atoms with E-state index in [9.17, 15) is 9.90 Å². The molecule has 0 aliphatic heterocycles. The lowest BCUT2D eigenvalue weighted by Gasteiger charge is -2.49. The molecular formula is C30H33NO2. The van der Waals surface area contributed by atoms with Gasteiger partial charge in [0.1, 0.15) is 0 Å². The Kier molecular flexibility index (Phi) is 5.97. The van der Waals surface area contributed by atoms with E-state index < -0.39 is 5.97 Å². The van der Waals surface area contributed by atoms with E-state index >= 15 is 0 Å². The first kappa shape index (κ1) is 21.8. The van der Waals surface area contributed by atoms with E-state index in [1.165, 1.54) is 27.9 Å². The fraction of sp³-hybridized carbons (Fsp3) is 0.367. The summed E-state index contributed by atoms with van der Waals surface area (Å²) in [6.07, 6.45) is 4.86. The van der Waals surface area contributed by atoms with Gasteiger partial charge in [-0.15, -0.1) is 0 Å². The zero-order valence-electron chi connectivity index (χ0n) is 19.4. The molecular weight excluding hydrogens is 406 g/mol. The third-order valence-corrected chi connectivity index (χ3v) is 8.06. The highest BCUT2D eigenvalue weighted by Crippen LogP contribution is 2.53. The smallest absolute Gasteiger partial charge is 0.306 e. The zero-order chi connectivity index (χ0) is 22.8. The van der Waals surface area contributed by atoms with Gasteiger partial charge in [-0.05, 0) is 71.4 Å². The van der Waals surface area contributed by atoms with Crippen LogP contribution < -0.4 is 4.90 Å². The minimum absolute atomic E-state index is 0.0595. The van der Waals surface area contributed by atoms with E-state index in [2.05, 4.69) is 90.7 Å². The molecule has 3 unspecified atom stereocenters. The van der Waals surface area contributed by atoms with E-state index in [-0.39, 0.29) is 17.3 Å². The second-order valence-electron chi connectivity index (χ2n) is 10.1. The number of hydrogen-bond donors (Lipinski definition) is 1. The Bertz CT molecular complexity index is 1070. The maximum absolute atomic E-state index is 12.0. The van der Waals surface area contributed by atoms with Crippen LogP contribution in [-0.2, 0) is 29.7 Å². The molecule has 3 nitrogen and oxygen atoms in total. The monoisotopic (exact) mass is 439 g/mol. The first-order chi connectivity index (χ1) is 16.0. The molecule has 170 valence electrons. The minimum atomic E-state index is -0.611. The Labute approximate surface area is 197 Å². The van der Waals surface area contributed by atoms with Gasteiger partial charge in [0.25, 0.3) is 0 Å². The van der Waals surface area contributed by atoms with E-state index in [1.807, 2.05) is 0 Å². The average molecular weight is 440 g/mol. The van der Waals surface area contributed by atoms with Crippen LogP contribution in [0.5, 0.6) is 0 Å². The number of fused-ring (bicyclic) bond motifs is 3. The van der Waals surface area contributed by atoms with Crippen LogP contribution in [0.25, 0.3) is 0 Å². The molecule has 3 aromatic rings. The van der Waals surface area contributed by atoms with Gasteiger partial charge < -0.3 is 10.0 Å². The Morgan fingerprint density at radius 2 is 1.58 bits per heavy atom. The summed E-state index contributed by atoms with van der Waals surface area (Å²) in [6, 6.07) is 28.2. The Balaban J connectivity index is 1.52. The Morgan fingerprint density at radius 3 is 2.18 bits per heavy atom. The van der Waals surface area contributed by atoms with E-state index in [1.54, 1.807) is 0 Å². The lowest BCUT2D eigenvalue weighted by molar-refractivity contribution is -0.147. The molecule has 0 bridgehead atoms. The Morgan fingerprint density at radius 1 is 0.939 bits per heavy atom. The molecule has 3 heteroatoms. The van der Waals surface area contributed by atoms with Crippen LogP contribution in [0.3, 0.4) is 0 Å². The van der Waals surface area contributed by atoms with Gasteiger partial charge in [0.2, 0.25) is 0 Å². The van der Waals surface area contributed by atoms with Crippen molar-refractivity contribution >= 4 is 11.7 Å². The van der Waals surface area contributed by atoms with Crippen LogP contribution in [0.1, 0.15) is 54.9 Å². The topological polar surface area (TPSA) is 40.5 Å². The first-order valence-electron chi connectivity index (χ1n) is 12.2. The number of rotatable bonds is 6. The highest BCUT2D eigenvalue weighted by molar-refractivity contribution is 5.71. The van der Waals surface area contributed by atoms with Gasteiger partial charge in [-0.25, -0.2) is 0 Å². The number of carboxylic acid groups (broad SMARTS) is 1. The van der Waals surface area contributed by atoms with Gasteiger partial charge in [-0.1, -0.05) is 80.1 Å².